The Labute approximate surface area is 147 Å². The van der Waals surface area contributed by atoms with Gasteiger partial charge in [0.05, 0.1) is 21.1 Å². The van der Waals surface area contributed by atoms with E-state index in [9.17, 15) is 4.79 Å². The maximum Gasteiger partial charge on any atom is 0.345 e. The Bertz CT molecular complexity index is 1120. The third kappa shape index (κ3) is 2.50. The molecule has 4 rings (SSSR count). The zero-order chi connectivity index (χ0) is 16.8. The fraction of sp³-hybridized carbons (Fsp3) is 0.158. The minimum absolute atomic E-state index is 0.316. The standard InChI is InChI=1S/C19H15NO2S2/c1-10-8-14(11(2)23-10)17-18(24-12(3)20-17)15-9-13-6-4-5-7-16(13)22-19(15)21/h4-9H,1-3H3. The number of thiophene rings is 1. The van der Waals surface area contributed by atoms with Crippen LogP contribution in [0.25, 0.3) is 32.7 Å². The molecule has 0 spiro atoms. The lowest BCUT2D eigenvalue weighted by Crippen LogP contribution is -2.02. The fourth-order valence-corrected chi connectivity index (χ4v) is 4.74. The van der Waals surface area contributed by atoms with Crippen molar-refractivity contribution in [3.8, 4) is 21.7 Å². The molecule has 3 nitrogen and oxygen atoms in total. The molecule has 5 heteroatoms. The highest BCUT2D eigenvalue weighted by Crippen LogP contribution is 2.39. The number of thiazole rings is 1. The summed E-state index contributed by atoms with van der Waals surface area (Å²) in [6.07, 6.45) is 0. The van der Waals surface area contributed by atoms with Gasteiger partial charge in [-0.25, -0.2) is 9.78 Å². The molecule has 0 atom stereocenters. The third-order valence-corrected chi connectivity index (χ3v) is 5.89. The number of benzene rings is 1. The molecule has 0 amide bonds. The van der Waals surface area contributed by atoms with Crippen LogP contribution in [0.1, 0.15) is 14.8 Å². The molecular weight excluding hydrogens is 338 g/mol. The predicted molar refractivity (Wildman–Crippen MR) is 101 cm³/mol. The number of nitrogens with zero attached hydrogens (tertiary/aromatic N) is 1. The average molecular weight is 353 g/mol. The second-order valence-electron chi connectivity index (χ2n) is 5.72. The molecule has 4 aromatic rings. The first kappa shape index (κ1) is 15.3. The van der Waals surface area contributed by atoms with Crippen molar-refractivity contribution in [2.45, 2.75) is 20.8 Å². The number of aryl methyl sites for hydroxylation is 3. The van der Waals surface area contributed by atoms with Crippen molar-refractivity contribution in [2.24, 2.45) is 0 Å². The summed E-state index contributed by atoms with van der Waals surface area (Å²) >= 11 is 3.28. The van der Waals surface area contributed by atoms with Crippen LogP contribution in [0.3, 0.4) is 0 Å². The van der Waals surface area contributed by atoms with E-state index in [0.29, 0.717) is 11.1 Å². The number of rotatable bonds is 2. The minimum atomic E-state index is -0.316. The Morgan fingerprint density at radius 1 is 1.00 bits per heavy atom. The second-order valence-corrected chi connectivity index (χ2v) is 8.39. The molecule has 0 bridgehead atoms. The van der Waals surface area contributed by atoms with E-state index in [1.165, 1.54) is 21.1 Å². The molecule has 1 aromatic carbocycles. The highest BCUT2D eigenvalue weighted by atomic mass is 32.1. The van der Waals surface area contributed by atoms with Gasteiger partial charge in [0.25, 0.3) is 0 Å². The van der Waals surface area contributed by atoms with Gasteiger partial charge in [0, 0.05) is 20.7 Å². The number of para-hydroxylation sites is 1. The Balaban J connectivity index is 2.00. The van der Waals surface area contributed by atoms with Gasteiger partial charge in [-0.1, -0.05) is 18.2 Å². The van der Waals surface area contributed by atoms with E-state index in [-0.39, 0.29) is 5.63 Å². The quantitative estimate of drug-likeness (QED) is 0.442. The number of hydrogen-bond acceptors (Lipinski definition) is 5. The summed E-state index contributed by atoms with van der Waals surface area (Å²) < 4.78 is 5.51. The molecule has 0 unspecified atom stereocenters. The van der Waals surface area contributed by atoms with E-state index in [0.717, 1.165) is 26.5 Å². The van der Waals surface area contributed by atoms with E-state index in [4.69, 9.17) is 9.40 Å². The molecule has 120 valence electrons. The van der Waals surface area contributed by atoms with Crippen molar-refractivity contribution in [2.75, 3.05) is 0 Å². The number of fused-ring (bicyclic) bond motifs is 1. The molecular formula is C19H15NO2S2. The first-order chi connectivity index (χ1) is 11.5. The van der Waals surface area contributed by atoms with Gasteiger partial charge in [-0.2, -0.15) is 0 Å². The number of hydrogen-bond donors (Lipinski definition) is 0. The van der Waals surface area contributed by atoms with E-state index in [2.05, 4.69) is 19.9 Å². The molecule has 0 aliphatic heterocycles. The van der Waals surface area contributed by atoms with Crippen molar-refractivity contribution in [1.82, 2.24) is 4.98 Å². The van der Waals surface area contributed by atoms with Crippen LogP contribution < -0.4 is 5.63 Å². The van der Waals surface area contributed by atoms with Crippen molar-refractivity contribution >= 4 is 33.6 Å². The van der Waals surface area contributed by atoms with Crippen LogP contribution >= 0.6 is 22.7 Å². The summed E-state index contributed by atoms with van der Waals surface area (Å²) in [5.74, 6) is 0. The van der Waals surface area contributed by atoms with E-state index in [1.807, 2.05) is 37.3 Å². The molecule has 3 aromatic heterocycles. The van der Waals surface area contributed by atoms with Crippen LogP contribution in [-0.4, -0.2) is 4.98 Å². The normalized spacial score (nSPS) is 11.3. The summed E-state index contributed by atoms with van der Waals surface area (Å²) in [7, 11) is 0. The van der Waals surface area contributed by atoms with Gasteiger partial charge >= 0.3 is 5.63 Å². The smallest absolute Gasteiger partial charge is 0.345 e. The Kier molecular flexibility index (Phi) is 3.62. The largest absolute Gasteiger partial charge is 0.422 e. The van der Waals surface area contributed by atoms with Crippen LogP contribution in [-0.2, 0) is 0 Å². The van der Waals surface area contributed by atoms with Crippen molar-refractivity contribution in [3.63, 3.8) is 0 Å². The second kappa shape index (κ2) is 5.69. The van der Waals surface area contributed by atoms with Gasteiger partial charge in [-0.3, -0.25) is 0 Å². The molecule has 0 radical (unpaired) electrons. The highest BCUT2D eigenvalue weighted by Gasteiger charge is 2.20. The maximum absolute atomic E-state index is 12.5. The minimum Gasteiger partial charge on any atom is -0.422 e. The van der Waals surface area contributed by atoms with Gasteiger partial charge in [0.2, 0.25) is 0 Å². The van der Waals surface area contributed by atoms with Crippen LogP contribution in [0.2, 0.25) is 0 Å². The van der Waals surface area contributed by atoms with Crippen LogP contribution in [0.15, 0.2) is 45.6 Å². The van der Waals surface area contributed by atoms with Gasteiger partial charge in [-0.15, -0.1) is 22.7 Å². The molecule has 0 aliphatic rings. The molecule has 24 heavy (non-hydrogen) atoms. The monoisotopic (exact) mass is 353 g/mol. The lowest BCUT2D eigenvalue weighted by Gasteiger charge is -2.03. The van der Waals surface area contributed by atoms with Crippen LogP contribution in [0.5, 0.6) is 0 Å². The van der Waals surface area contributed by atoms with E-state index < -0.39 is 0 Å². The van der Waals surface area contributed by atoms with Crippen LogP contribution in [0.4, 0.5) is 0 Å². The van der Waals surface area contributed by atoms with Crippen molar-refractivity contribution < 1.29 is 4.42 Å². The summed E-state index contributed by atoms with van der Waals surface area (Å²) in [5.41, 5.74) is 2.85. The highest BCUT2D eigenvalue weighted by molar-refractivity contribution is 7.16. The summed E-state index contributed by atoms with van der Waals surface area (Å²) in [6.45, 7) is 6.15. The lowest BCUT2D eigenvalue weighted by atomic mass is 10.1. The first-order valence-electron chi connectivity index (χ1n) is 7.61. The van der Waals surface area contributed by atoms with Gasteiger partial charge < -0.3 is 4.42 Å². The Morgan fingerprint density at radius 3 is 2.54 bits per heavy atom. The van der Waals surface area contributed by atoms with Crippen molar-refractivity contribution in [3.05, 3.63) is 61.6 Å². The van der Waals surface area contributed by atoms with Crippen molar-refractivity contribution in [1.29, 1.82) is 0 Å². The summed E-state index contributed by atoms with van der Waals surface area (Å²) in [4.78, 5) is 20.6. The van der Waals surface area contributed by atoms with E-state index >= 15 is 0 Å². The molecule has 0 saturated carbocycles. The Morgan fingerprint density at radius 2 is 1.79 bits per heavy atom. The van der Waals surface area contributed by atoms with E-state index in [1.54, 1.807) is 11.3 Å². The third-order valence-electron chi connectivity index (χ3n) is 3.92. The SMILES string of the molecule is Cc1cc(-c2nc(C)sc2-c2cc3ccccc3oc2=O)c(C)s1. The number of aromatic nitrogens is 1. The van der Waals surface area contributed by atoms with Gasteiger partial charge in [-0.05, 0) is 39.0 Å². The molecule has 0 N–H and O–H groups in total. The predicted octanol–water partition coefficient (Wildman–Crippen LogP) is 5.57. The molecule has 0 fully saturated rings. The summed E-state index contributed by atoms with van der Waals surface area (Å²) in [6, 6.07) is 11.6. The average Bonchev–Trinajstić information content (AvgIpc) is 3.08. The summed E-state index contributed by atoms with van der Waals surface area (Å²) in [5, 5.41) is 1.86. The fourth-order valence-electron chi connectivity index (χ4n) is 2.88. The zero-order valence-corrected chi connectivity index (χ0v) is 15.2. The molecule has 3 heterocycles. The topological polar surface area (TPSA) is 43.1 Å². The Hall–Kier alpha value is -2.24. The van der Waals surface area contributed by atoms with Gasteiger partial charge in [0.15, 0.2) is 0 Å². The lowest BCUT2D eigenvalue weighted by molar-refractivity contribution is 0.564. The zero-order valence-electron chi connectivity index (χ0n) is 13.5. The maximum atomic E-state index is 12.5. The molecule has 0 aliphatic carbocycles. The molecule has 0 saturated heterocycles. The van der Waals surface area contributed by atoms with Gasteiger partial charge in [0.1, 0.15) is 5.58 Å². The first-order valence-corrected chi connectivity index (χ1v) is 9.24. The van der Waals surface area contributed by atoms with Crippen LogP contribution in [0, 0.1) is 20.8 Å².